The van der Waals surface area contributed by atoms with Gasteiger partial charge in [-0.1, -0.05) is 11.6 Å². The fourth-order valence-electron chi connectivity index (χ4n) is 2.42. The standard InChI is InChI=1S/C18H11ClN6O/c19-13-6-12(8-21-9-13)18(26)25-17-16-15(22-10-23-17)4-3-14(24-16)11-2-1-5-20-7-11/h1-10H,(H,22,23,25,26). The van der Waals surface area contributed by atoms with Crippen LogP contribution in [0.4, 0.5) is 5.82 Å². The molecule has 0 saturated carbocycles. The number of nitrogens with zero attached hydrogens (tertiary/aromatic N) is 5. The summed E-state index contributed by atoms with van der Waals surface area (Å²) in [5.41, 5.74) is 2.99. The zero-order valence-corrected chi connectivity index (χ0v) is 14.1. The number of hydrogen-bond donors (Lipinski definition) is 1. The number of rotatable bonds is 3. The maximum Gasteiger partial charge on any atom is 0.258 e. The Balaban J connectivity index is 1.74. The lowest BCUT2D eigenvalue weighted by Crippen LogP contribution is -2.14. The number of fused-ring (bicyclic) bond motifs is 1. The average molecular weight is 363 g/mol. The molecule has 0 spiro atoms. The fraction of sp³-hybridized carbons (Fsp3) is 0. The highest BCUT2D eigenvalue weighted by molar-refractivity contribution is 6.30. The number of halogens is 1. The Morgan fingerprint density at radius 2 is 1.96 bits per heavy atom. The van der Waals surface area contributed by atoms with Crippen LogP contribution in [0.1, 0.15) is 10.4 Å². The van der Waals surface area contributed by atoms with Crippen molar-refractivity contribution in [2.45, 2.75) is 0 Å². The molecule has 0 aliphatic heterocycles. The molecule has 0 aromatic carbocycles. The highest BCUT2D eigenvalue weighted by Crippen LogP contribution is 2.23. The number of hydrogen-bond acceptors (Lipinski definition) is 6. The molecule has 0 radical (unpaired) electrons. The van der Waals surface area contributed by atoms with Crippen LogP contribution in [0.2, 0.25) is 5.02 Å². The molecule has 4 heterocycles. The van der Waals surface area contributed by atoms with Crippen LogP contribution < -0.4 is 5.32 Å². The van der Waals surface area contributed by atoms with Gasteiger partial charge in [-0.25, -0.2) is 15.0 Å². The first-order valence-corrected chi connectivity index (χ1v) is 8.02. The molecule has 4 aromatic rings. The summed E-state index contributed by atoms with van der Waals surface area (Å²) >= 11 is 5.89. The number of amides is 1. The Bertz CT molecular complexity index is 1100. The monoisotopic (exact) mass is 362 g/mol. The van der Waals surface area contributed by atoms with Crippen LogP contribution in [0.25, 0.3) is 22.3 Å². The van der Waals surface area contributed by atoms with E-state index in [2.05, 4.69) is 30.2 Å². The second-order valence-electron chi connectivity index (χ2n) is 5.37. The number of carbonyl (C=O) groups excluding carboxylic acids is 1. The molecule has 0 bridgehead atoms. The highest BCUT2D eigenvalue weighted by atomic mass is 35.5. The van der Waals surface area contributed by atoms with Gasteiger partial charge in [-0.3, -0.25) is 14.8 Å². The molecule has 4 aromatic heterocycles. The first-order chi connectivity index (χ1) is 12.7. The Hall–Kier alpha value is -3.45. The Morgan fingerprint density at radius 3 is 2.77 bits per heavy atom. The SMILES string of the molecule is O=C(Nc1ncnc2ccc(-c3cccnc3)nc12)c1cncc(Cl)c1. The van der Waals surface area contributed by atoms with Gasteiger partial charge in [-0.15, -0.1) is 0 Å². The van der Waals surface area contributed by atoms with E-state index in [9.17, 15) is 4.79 Å². The van der Waals surface area contributed by atoms with Crippen LogP contribution in [0.3, 0.4) is 0 Å². The second kappa shape index (κ2) is 6.81. The molecule has 8 heteroatoms. The van der Waals surface area contributed by atoms with Crippen molar-refractivity contribution in [3.63, 3.8) is 0 Å². The molecule has 26 heavy (non-hydrogen) atoms. The van der Waals surface area contributed by atoms with Crippen LogP contribution in [0.5, 0.6) is 0 Å². The second-order valence-corrected chi connectivity index (χ2v) is 5.81. The molecule has 0 saturated heterocycles. The van der Waals surface area contributed by atoms with Crippen LogP contribution in [0, 0.1) is 0 Å². The van der Waals surface area contributed by atoms with Gasteiger partial charge in [-0.2, -0.15) is 0 Å². The van der Waals surface area contributed by atoms with Crippen LogP contribution >= 0.6 is 11.6 Å². The third-order valence-corrected chi connectivity index (χ3v) is 3.84. The van der Waals surface area contributed by atoms with Crippen molar-refractivity contribution in [3.8, 4) is 11.3 Å². The molecular formula is C18H11ClN6O. The highest BCUT2D eigenvalue weighted by Gasteiger charge is 2.13. The minimum Gasteiger partial charge on any atom is -0.305 e. The summed E-state index contributed by atoms with van der Waals surface area (Å²) in [6.45, 7) is 0. The van der Waals surface area contributed by atoms with Crippen molar-refractivity contribution < 1.29 is 4.79 Å². The Morgan fingerprint density at radius 1 is 1.04 bits per heavy atom. The maximum atomic E-state index is 12.5. The zero-order valence-electron chi connectivity index (χ0n) is 13.3. The summed E-state index contributed by atoms with van der Waals surface area (Å²) in [7, 11) is 0. The zero-order chi connectivity index (χ0) is 17.9. The van der Waals surface area contributed by atoms with Gasteiger partial charge in [0.25, 0.3) is 5.91 Å². The van der Waals surface area contributed by atoms with E-state index in [-0.39, 0.29) is 5.91 Å². The molecule has 0 atom stereocenters. The molecule has 0 aliphatic carbocycles. The predicted octanol–water partition coefficient (Wildman–Crippen LogP) is 3.39. The lowest BCUT2D eigenvalue weighted by atomic mass is 10.2. The summed E-state index contributed by atoms with van der Waals surface area (Å²) in [4.78, 5) is 33.4. The summed E-state index contributed by atoms with van der Waals surface area (Å²) in [6.07, 6.45) is 7.67. The Kier molecular flexibility index (Phi) is 4.20. The first-order valence-electron chi connectivity index (χ1n) is 7.65. The van der Waals surface area contributed by atoms with Gasteiger partial charge >= 0.3 is 0 Å². The maximum absolute atomic E-state index is 12.5. The van der Waals surface area contributed by atoms with E-state index >= 15 is 0 Å². The minimum absolute atomic E-state index is 0.311. The third-order valence-electron chi connectivity index (χ3n) is 3.64. The van der Waals surface area contributed by atoms with E-state index in [0.29, 0.717) is 33.1 Å². The molecule has 7 nitrogen and oxygen atoms in total. The molecule has 0 fully saturated rings. The van der Waals surface area contributed by atoms with E-state index in [1.54, 1.807) is 12.4 Å². The predicted molar refractivity (Wildman–Crippen MR) is 97.8 cm³/mol. The average Bonchev–Trinajstić information content (AvgIpc) is 2.68. The van der Waals surface area contributed by atoms with Crippen LogP contribution in [-0.2, 0) is 0 Å². The normalized spacial score (nSPS) is 10.7. The quantitative estimate of drug-likeness (QED) is 0.600. The largest absolute Gasteiger partial charge is 0.305 e. The summed E-state index contributed by atoms with van der Waals surface area (Å²) in [6, 6.07) is 8.93. The van der Waals surface area contributed by atoms with Crippen LogP contribution in [0.15, 0.2) is 61.4 Å². The lowest BCUT2D eigenvalue weighted by molar-refractivity contribution is 0.102. The van der Waals surface area contributed by atoms with E-state index in [4.69, 9.17) is 11.6 Å². The lowest BCUT2D eigenvalue weighted by Gasteiger charge is -2.08. The van der Waals surface area contributed by atoms with E-state index < -0.39 is 0 Å². The number of pyridine rings is 3. The molecule has 0 aliphatic rings. The van der Waals surface area contributed by atoms with Crippen LogP contribution in [-0.4, -0.2) is 30.8 Å². The Labute approximate surface area is 153 Å². The molecule has 126 valence electrons. The molecule has 1 N–H and O–H groups in total. The van der Waals surface area contributed by atoms with Gasteiger partial charge in [0.1, 0.15) is 11.8 Å². The number of carbonyl (C=O) groups is 1. The number of anilines is 1. The topological polar surface area (TPSA) is 93.6 Å². The number of aromatic nitrogens is 5. The molecular weight excluding hydrogens is 352 g/mol. The van der Waals surface area contributed by atoms with Gasteiger partial charge in [0.15, 0.2) is 5.82 Å². The van der Waals surface area contributed by atoms with Gasteiger partial charge < -0.3 is 5.32 Å². The van der Waals surface area contributed by atoms with Gasteiger partial charge in [-0.05, 0) is 30.3 Å². The fourth-order valence-corrected chi connectivity index (χ4v) is 2.60. The van der Waals surface area contributed by atoms with E-state index in [0.717, 1.165) is 5.56 Å². The summed E-state index contributed by atoms with van der Waals surface area (Å²) in [5, 5.41) is 3.12. The van der Waals surface area contributed by atoms with E-state index in [1.807, 2.05) is 24.3 Å². The van der Waals surface area contributed by atoms with Crippen molar-refractivity contribution in [1.82, 2.24) is 24.9 Å². The van der Waals surface area contributed by atoms with Crippen molar-refractivity contribution in [3.05, 3.63) is 72.0 Å². The molecule has 4 rings (SSSR count). The third kappa shape index (κ3) is 3.20. The van der Waals surface area contributed by atoms with E-state index in [1.165, 1.54) is 24.8 Å². The van der Waals surface area contributed by atoms with Gasteiger partial charge in [0.2, 0.25) is 0 Å². The smallest absolute Gasteiger partial charge is 0.258 e. The first kappa shape index (κ1) is 16.0. The van der Waals surface area contributed by atoms with Gasteiger partial charge in [0.05, 0.1) is 21.8 Å². The molecule has 0 unspecified atom stereocenters. The van der Waals surface area contributed by atoms with Crippen molar-refractivity contribution in [1.29, 1.82) is 0 Å². The summed E-state index contributed by atoms with van der Waals surface area (Å²) in [5.74, 6) is -0.0701. The molecule has 1 amide bonds. The minimum atomic E-state index is -0.381. The number of nitrogens with one attached hydrogen (secondary N) is 1. The van der Waals surface area contributed by atoms with Crippen molar-refractivity contribution in [2.75, 3.05) is 5.32 Å². The van der Waals surface area contributed by atoms with Crippen molar-refractivity contribution >= 4 is 34.4 Å². The van der Waals surface area contributed by atoms with Crippen molar-refractivity contribution in [2.24, 2.45) is 0 Å². The van der Waals surface area contributed by atoms with Gasteiger partial charge in [0, 0.05) is 30.4 Å². The summed E-state index contributed by atoms with van der Waals surface area (Å²) < 4.78 is 0.